The van der Waals surface area contributed by atoms with Gasteiger partial charge in [0.15, 0.2) is 0 Å². The van der Waals surface area contributed by atoms with Crippen molar-refractivity contribution in [3.63, 3.8) is 0 Å². The number of hydrogen-bond acceptors (Lipinski definition) is 2. The van der Waals surface area contributed by atoms with E-state index < -0.39 is 0 Å². The third-order valence-electron chi connectivity index (χ3n) is 2.94. The zero-order valence-corrected chi connectivity index (χ0v) is 12.2. The zero-order chi connectivity index (χ0) is 13.8. The molecule has 0 amide bonds. The van der Waals surface area contributed by atoms with Gasteiger partial charge in [-0.2, -0.15) is 0 Å². The molecule has 0 radical (unpaired) electrons. The Kier molecular flexibility index (Phi) is 4.56. The number of nitrogens with zero attached hydrogens (tertiary/aromatic N) is 1. The number of rotatable bonds is 4. The molecule has 0 heterocycles. The van der Waals surface area contributed by atoms with E-state index in [1.54, 1.807) is 6.07 Å². The first kappa shape index (κ1) is 14.0. The second-order valence-electron chi connectivity index (χ2n) is 4.42. The van der Waals surface area contributed by atoms with Gasteiger partial charge in [-0.15, -0.1) is 0 Å². The van der Waals surface area contributed by atoms with Crippen molar-refractivity contribution in [2.75, 3.05) is 11.9 Å². The number of halogens is 2. The number of aliphatic hydroxyl groups excluding tert-OH is 1. The van der Waals surface area contributed by atoms with E-state index in [0.717, 1.165) is 21.3 Å². The van der Waals surface area contributed by atoms with Crippen molar-refractivity contribution in [2.45, 2.75) is 13.2 Å². The van der Waals surface area contributed by atoms with Crippen molar-refractivity contribution >= 4 is 21.6 Å². The maximum absolute atomic E-state index is 13.2. The van der Waals surface area contributed by atoms with Gasteiger partial charge in [-0.25, -0.2) is 4.39 Å². The maximum atomic E-state index is 13.2. The SMILES string of the molecule is CN(Cc1cccc(F)c1)c1cc(Br)ccc1CO. The van der Waals surface area contributed by atoms with Gasteiger partial charge >= 0.3 is 0 Å². The summed E-state index contributed by atoms with van der Waals surface area (Å²) in [5.74, 6) is -0.234. The smallest absolute Gasteiger partial charge is 0.123 e. The molecule has 0 unspecified atom stereocenters. The first-order valence-corrected chi connectivity index (χ1v) is 6.74. The summed E-state index contributed by atoms with van der Waals surface area (Å²) in [7, 11) is 1.92. The van der Waals surface area contributed by atoms with Gasteiger partial charge in [-0.1, -0.05) is 34.1 Å². The summed E-state index contributed by atoms with van der Waals surface area (Å²) in [4.78, 5) is 1.99. The van der Waals surface area contributed by atoms with Crippen molar-refractivity contribution in [2.24, 2.45) is 0 Å². The largest absolute Gasteiger partial charge is 0.392 e. The van der Waals surface area contributed by atoms with E-state index in [4.69, 9.17) is 0 Å². The number of aliphatic hydroxyl groups is 1. The molecule has 0 aliphatic carbocycles. The summed E-state index contributed by atoms with van der Waals surface area (Å²) in [5, 5.41) is 9.37. The molecule has 1 N–H and O–H groups in total. The predicted molar refractivity (Wildman–Crippen MR) is 78.6 cm³/mol. The topological polar surface area (TPSA) is 23.5 Å². The molecule has 100 valence electrons. The van der Waals surface area contributed by atoms with Crippen LogP contribution in [0.5, 0.6) is 0 Å². The summed E-state index contributed by atoms with van der Waals surface area (Å²) >= 11 is 3.42. The molecule has 2 aromatic rings. The summed E-state index contributed by atoms with van der Waals surface area (Å²) in [6, 6.07) is 12.3. The lowest BCUT2D eigenvalue weighted by molar-refractivity contribution is 0.282. The van der Waals surface area contributed by atoms with Gasteiger partial charge in [0.05, 0.1) is 6.61 Å². The van der Waals surface area contributed by atoms with Crippen LogP contribution in [0, 0.1) is 5.82 Å². The van der Waals surface area contributed by atoms with Crippen LogP contribution >= 0.6 is 15.9 Å². The standard InChI is InChI=1S/C15H15BrFNO/c1-18(9-11-3-2-4-14(17)7-11)15-8-13(16)6-5-12(15)10-19/h2-8,19H,9-10H2,1H3. The van der Waals surface area contributed by atoms with Gasteiger partial charge in [0.25, 0.3) is 0 Å². The lowest BCUT2D eigenvalue weighted by Gasteiger charge is -2.22. The molecular weight excluding hydrogens is 309 g/mol. The van der Waals surface area contributed by atoms with E-state index in [1.165, 1.54) is 12.1 Å². The van der Waals surface area contributed by atoms with Gasteiger partial charge in [-0.05, 0) is 29.8 Å². The first-order chi connectivity index (χ1) is 9.10. The lowest BCUT2D eigenvalue weighted by Crippen LogP contribution is -2.18. The van der Waals surface area contributed by atoms with Crippen LogP contribution in [0.25, 0.3) is 0 Å². The summed E-state index contributed by atoms with van der Waals surface area (Å²) in [6.07, 6.45) is 0. The average Bonchev–Trinajstić information content (AvgIpc) is 2.38. The van der Waals surface area contributed by atoms with Crippen molar-refractivity contribution in [3.05, 3.63) is 63.9 Å². The van der Waals surface area contributed by atoms with Crippen molar-refractivity contribution in [1.29, 1.82) is 0 Å². The fourth-order valence-corrected chi connectivity index (χ4v) is 2.37. The molecule has 0 fully saturated rings. The van der Waals surface area contributed by atoms with Crippen molar-refractivity contribution < 1.29 is 9.50 Å². The van der Waals surface area contributed by atoms with E-state index in [2.05, 4.69) is 15.9 Å². The molecule has 2 rings (SSSR count). The van der Waals surface area contributed by atoms with Gasteiger partial charge in [0, 0.05) is 29.3 Å². The fourth-order valence-electron chi connectivity index (χ4n) is 2.02. The molecule has 19 heavy (non-hydrogen) atoms. The Bertz CT molecular complexity index is 574. The minimum Gasteiger partial charge on any atom is -0.392 e. The molecular formula is C15H15BrFNO. The van der Waals surface area contributed by atoms with Gasteiger partial charge in [0.1, 0.15) is 5.82 Å². The predicted octanol–water partition coefficient (Wildman–Crippen LogP) is 3.72. The van der Waals surface area contributed by atoms with E-state index in [1.807, 2.05) is 36.2 Å². The molecule has 0 aromatic heterocycles. The Morgan fingerprint density at radius 3 is 2.68 bits per heavy atom. The van der Waals surface area contributed by atoms with Crippen LogP contribution in [0.1, 0.15) is 11.1 Å². The third kappa shape index (κ3) is 3.55. The van der Waals surface area contributed by atoms with Crippen LogP contribution in [-0.4, -0.2) is 12.2 Å². The number of anilines is 1. The first-order valence-electron chi connectivity index (χ1n) is 5.95. The molecule has 0 aliphatic rings. The molecule has 0 bridgehead atoms. The quantitative estimate of drug-likeness (QED) is 0.927. The molecule has 0 spiro atoms. The maximum Gasteiger partial charge on any atom is 0.123 e. The van der Waals surface area contributed by atoms with Crippen LogP contribution in [0.4, 0.5) is 10.1 Å². The minimum atomic E-state index is -0.234. The Morgan fingerprint density at radius 2 is 2.00 bits per heavy atom. The van der Waals surface area contributed by atoms with Crippen molar-refractivity contribution in [1.82, 2.24) is 0 Å². The van der Waals surface area contributed by atoms with Gasteiger partial charge in [-0.3, -0.25) is 0 Å². The van der Waals surface area contributed by atoms with Gasteiger partial charge in [0.2, 0.25) is 0 Å². The van der Waals surface area contributed by atoms with Gasteiger partial charge < -0.3 is 10.0 Å². The highest BCUT2D eigenvalue weighted by atomic mass is 79.9. The average molecular weight is 324 g/mol. The van der Waals surface area contributed by atoms with Crippen LogP contribution in [0.2, 0.25) is 0 Å². The van der Waals surface area contributed by atoms with Crippen LogP contribution in [0.3, 0.4) is 0 Å². The second-order valence-corrected chi connectivity index (χ2v) is 5.33. The Balaban J connectivity index is 2.24. The summed E-state index contributed by atoms with van der Waals surface area (Å²) < 4.78 is 14.1. The molecule has 0 aliphatic heterocycles. The highest BCUT2D eigenvalue weighted by Crippen LogP contribution is 2.25. The monoisotopic (exact) mass is 323 g/mol. The van der Waals surface area contributed by atoms with Crippen LogP contribution in [0.15, 0.2) is 46.9 Å². The molecule has 0 atom stereocenters. The molecule has 2 nitrogen and oxygen atoms in total. The summed E-state index contributed by atoms with van der Waals surface area (Å²) in [5.41, 5.74) is 2.68. The summed E-state index contributed by atoms with van der Waals surface area (Å²) in [6.45, 7) is 0.567. The molecule has 0 saturated carbocycles. The van der Waals surface area contributed by atoms with Crippen LogP contribution in [-0.2, 0) is 13.2 Å². The van der Waals surface area contributed by atoms with E-state index in [0.29, 0.717) is 6.54 Å². The second kappa shape index (κ2) is 6.17. The Morgan fingerprint density at radius 1 is 1.21 bits per heavy atom. The molecule has 2 aromatic carbocycles. The van der Waals surface area contributed by atoms with E-state index in [-0.39, 0.29) is 12.4 Å². The minimum absolute atomic E-state index is 0.0178. The van der Waals surface area contributed by atoms with E-state index in [9.17, 15) is 9.50 Å². The van der Waals surface area contributed by atoms with Crippen LogP contribution < -0.4 is 4.90 Å². The molecule has 0 saturated heterocycles. The molecule has 4 heteroatoms. The van der Waals surface area contributed by atoms with E-state index >= 15 is 0 Å². The Hall–Kier alpha value is -1.39. The highest BCUT2D eigenvalue weighted by molar-refractivity contribution is 9.10. The zero-order valence-electron chi connectivity index (χ0n) is 10.6. The normalized spacial score (nSPS) is 10.5. The van der Waals surface area contributed by atoms with Crippen molar-refractivity contribution in [3.8, 4) is 0 Å². The highest BCUT2D eigenvalue weighted by Gasteiger charge is 2.08. The third-order valence-corrected chi connectivity index (χ3v) is 3.43. The Labute approximate surface area is 120 Å². The fraction of sp³-hybridized carbons (Fsp3) is 0.200. The number of hydrogen-bond donors (Lipinski definition) is 1. The number of benzene rings is 2. The lowest BCUT2D eigenvalue weighted by atomic mass is 10.1.